The number of nitrogens with two attached hydrogens (primary N) is 1. The van der Waals surface area contributed by atoms with Crippen LogP contribution in [0.15, 0.2) is 59.8 Å². The fraction of sp³-hybridized carbons (Fsp3) is 0.357. The Balaban J connectivity index is 1.43. The number of nitrogen functional groups attached to an aromatic ring is 1. The number of piperidine rings is 1. The first-order valence-corrected chi connectivity index (χ1v) is 14.9. The summed E-state index contributed by atoms with van der Waals surface area (Å²) < 4.78 is 27.3. The number of anilines is 1. The van der Waals surface area contributed by atoms with E-state index in [9.17, 15) is 18.3 Å². The van der Waals surface area contributed by atoms with E-state index >= 15 is 0 Å². The van der Waals surface area contributed by atoms with Gasteiger partial charge in [0.25, 0.3) is 5.91 Å². The maximum absolute atomic E-state index is 13.0. The number of benzene rings is 1. The molecule has 3 aromatic heterocycles. The molecule has 0 radical (unpaired) electrons. The molecule has 2 bridgehead atoms. The third-order valence-electron chi connectivity index (χ3n) is 7.91. The molecule has 0 spiro atoms. The molecule has 0 saturated carbocycles. The van der Waals surface area contributed by atoms with E-state index in [1.54, 1.807) is 17.3 Å². The van der Waals surface area contributed by atoms with Crippen molar-refractivity contribution in [1.82, 2.24) is 24.5 Å². The van der Waals surface area contributed by atoms with Gasteiger partial charge in [0.1, 0.15) is 16.8 Å². The molecular formula is C28H30N6O4S. The van der Waals surface area contributed by atoms with Gasteiger partial charge in [0, 0.05) is 47.1 Å². The monoisotopic (exact) mass is 546 g/mol. The number of aliphatic hydroxyl groups excluding tert-OH is 1. The fourth-order valence-electron chi connectivity index (χ4n) is 6.19. The van der Waals surface area contributed by atoms with E-state index in [4.69, 9.17) is 10.7 Å². The number of pyridine rings is 1. The molecule has 1 aromatic carbocycles. The number of hydrogen-bond acceptors (Lipinski definition) is 8. The molecule has 3 N–H and O–H groups in total. The third kappa shape index (κ3) is 4.35. The molecule has 6 rings (SSSR count). The second-order valence-electron chi connectivity index (χ2n) is 10.6. The minimum atomic E-state index is -3.74. The first kappa shape index (κ1) is 25.4. The lowest BCUT2D eigenvalue weighted by Gasteiger charge is -2.39. The molecule has 2 fully saturated rings. The molecule has 2 aliphatic rings. The first-order chi connectivity index (χ1) is 18.6. The lowest BCUT2D eigenvalue weighted by Crippen LogP contribution is -2.49. The average Bonchev–Trinajstić information content (AvgIpc) is 3.46. The summed E-state index contributed by atoms with van der Waals surface area (Å²) in [6, 6.07) is 13.6. The standard InChI is InChI=1S/C28H30N6O4S/c1-16(35)28(36)33-20-9-10-21(33)13-19(12-20)24-25(39(2,37)38)26(29)34-27(32-24)22(15-31-34)18-8-11-23(30-14-18)17-6-4-3-5-7-17/h3-8,11,14-16,19-21,35H,9-10,12-13,29H2,1-2H3/t16-,19?,20-,21?/m1/s1. The molecule has 4 aromatic rings. The Labute approximate surface area is 226 Å². The molecule has 202 valence electrons. The summed E-state index contributed by atoms with van der Waals surface area (Å²) in [5, 5.41) is 14.3. The van der Waals surface area contributed by atoms with Gasteiger partial charge in [-0.15, -0.1) is 0 Å². The number of sulfone groups is 1. The molecular weight excluding hydrogens is 516 g/mol. The minimum absolute atomic E-state index is 0.0121. The normalized spacial score (nSPS) is 21.8. The maximum atomic E-state index is 13.0. The lowest BCUT2D eigenvalue weighted by atomic mass is 9.87. The van der Waals surface area contributed by atoms with Gasteiger partial charge in [0.05, 0.1) is 17.6 Å². The van der Waals surface area contributed by atoms with Gasteiger partial charge in [0.15, 0.2) is 15.5 Å². The number of fused-ring (bicyclic) bond motifs is 3. The topological polar surface area (TPSA) is 144 Å². The summed E-state index contributed by atoms with van der Waals surface area (Å²) in [4.78, 5) is 24.0. The Hall–Kier alpha value is -3.83. The van der Waals surface area contributed by atoms with Crippen LogP contribution in [0.2, 0.25) is 0 Å². The van der Waals surface area contributed by atoms with Crippen LogP contribution in [-0.4, -0.2) is 68.4 Å². The molecule has 11 heteroatoms. The molecule has 1 amide bonds. The Bertz CT molecular complexity index is 1650. The number of aliphatic hydroxyl groups is 1. The predicted molar refractivity (Wildman–Crippen MR) is 146 cm³/mol. The number of aromatic nitrogens is 4. The highest BCUT2D eigenvalue weighted by Gasteiger charge is 2.46. The molecule has 4 atom stereocenters. The molecule has 2 unspecified atom stereocenters. The van der Waals surface area contributed by atoms with Crippen molar-refractivity contribution < 1.29 is 18.3 Å². The second-order valence-corrected chi connectivity index (χ2v) is 12.5. The number of carbonyl (C=O) groups is 1. The van der Waals surface area contributed by atoms with Crippen molar-refractivity contribution in [2.24, 2.45) is 0 Å². The van der Waals surface area contributed by atoms with E-state index in [2.05, 4.69) is 10.1 Å². The van der Waals surface area contributed by atoms with Crippen LogP contribution in [0.4, 0.5) is 5.82 Å². The summed E-state index contributed by atoms with van der Waals surface area (Å²) >= 11 is 0. The van der Waals surface area contributed by atoms with Gasteiger partial charge in [-0.25, -0.2) is 13.4 Å². The Morgan fingerprint density at radius 2 is 1.74 bits per heavy atom. The molecule has 2 aliphatic heterocycles. The van der Waals surface area contributed by atoms with Crippen LogP contribution in [0.25, 0.3) is 28.0 Å². The zero-order valence-corrected chi connectivity index (χ0v) is 22.5. The van der Waals surface area contributed by atoms with Crippen LogP contribution in [0, 0.1) is 0 Å². The Morgan fingerprint density at radius 1 is 1.05 bits per heavy atom. The summed E-state index contributed by atoms with van der Waals surface area (Å²) in [5.41, 5.74) is 10.7. The van der Waals surface area contributed by atoms with Gasteiger partial charge in [0.2, 0.25) is 0 Å². The second kappa shape index (κ2) is 9.42. The highest BCUT2D eigenvalue weighted by atomic mass is 32.2. The van der Waals surface area contributed by atoms with E-state index in [1.165, 1.54) is 11.4 Å². The van der Waals surface area contributed by atoms with Crippen LogP contribution >= 0.6 is 0 Å². The van der Waals surface area contributed by atoms with Gasteiger partial charge >= 0.3 is 0 Å². The summed E-state index contributed by atoms with van der Waals surface area (Å²) in [7, 11) is -3.74. The van der Waals surface area contributed by atoms with E-state index in [-0.39, 0.29) is 34.6 Å². The zero-order chi connectivity index (χ0) is 27.5. The van der Waals surface area contributed by atoms with Crippen LogP contribution in [-0.2, 0) is 14.6 Å². The van der Waals surface area contributed by atoms with Crippen LogP contribution in [0.5, 0.6) is 0 Å². The predicted octanol–water partition coefficient (Wildman–Crippen LogP) is 3.06. The van der Waals surface area contributed by atoms with E-state index in [0.29, 0.717) is 29.7 Å². The van der Waals surface area contributed by atoms with Crippen LogP contribution < -0.4 is 5.73 Å². The highest BCUT2D eigenvalue weighted by molar-refractivity contribution is 7.91. The van der Waals surface area contributed by atoms with Crippen molar-refractivity contribution >= 4 is 27.2 Å². The number of nitrogens with zero attached hydrogens (tertiary/aromatic N) is 5. The summed E-state index contributed by atoms with van der Waals surface area (Å²) in [5.74, 6) is -0.469. The van der Waals surface area contributed by atoms with Gasteiger partial charge in [-0.2, -0.15) is 9.61 Å². The molecule has 10 nitrogen and oxygen atoms in total. The largest absolute Gasteiger partial charge is 0.384 e. The van der Waals surface area contributed by atoms with Gasteiger partial charge in [-0.3, -0.25) is 9.78 Å². The van der Waals surface area contributed by atoms with Crippen molar-refractivity contribution in [3.8, 4) is 22.4 Å². The van der Waals surface area contributed by atoms with E-state index in [1.807, 2.05) is 42.5 Å². The smallest absolute Gasteiger partial charge is 0.251 e. The summed E-state index contributed by atoms with van der Waals surface area (Å²) in [6.07, 6.45) is 6.16. The molecule has 39 heavy (non-hydrogen) atoms. The van der Waals surface area contributed by atoms with Crippen molar-refractivity contribution in [3.63, 3.8) is 0 Å². The third-order valence-corrected chi connectivity index (χ3v) is 9.07. The van der Waals surface area contributed by atoms with Crippen molar-refractivity contribution in [2.75, 3.05) is 12.0 Å². The van der Waals surface area contributed by atoms with Gasteiger partial charge < -0.3 is 15.7 Å². The Morgan fingerprint density at radius 3 is 2.33 bits per heavy atom. The van der Waals surface area contributed by atoms with Crippen LogP contribution in [0.1, 0.15) is 44.2 Å². The van der Waals surface area contributed by atoms with Gasteiger partial charge in [-0.1, -0.05) is 36.4 Å². The Kier molecular flexibility index (Phi) is 6.15. The highest BCUT2D eigenvalue weighted by Crippen LogP contribution is 2.45. The molecule has 0 aliphatic carbocycles. The number of rotatable bonds is 5. The quantitative estimate of drug-likeness (QED) is 0.389. The van der Waals surface area contributed by atoms with Crippen molar-refractivity contribution in [1.29, 1.82) is 0 Å². The van der Waals surface area contributed by atoms with Crippen molar-refractivity contribution in [2.45, 2.75) is 61.6 Å². The SMILES string of the molecule is C[C@@H](O)C(=O)N1C2CC[C@@H]1CC(c1nc3c(-c4ccc(-c5ccccc5)nc4)cnn3c(N)c1S(C)(=O)=O)C2. The fourth-order valence-corrected chi connectivity index (χ4v) is 7.25. The van der Waals surface area contributed by atoms with Gasteiger partial charge in [-0.05, 0) is 38.7 Å². The summed E-state index contributed by atoms with van der Waals surface area (Å²) in [6.45, 7) is 1.48. The average molecular weight is 547 g/mol. The first-order valence-electron chi connectivity index (χ1n) is 13.0. The number of hydrogen-bond donors (Lipinski definition) is 2. The van der Waals surface area contributed by atoms with Crippen LogP contribution in [0.3, 0.4) is 0 Å². The number of carbonyl (C=O) groups excluding carboxylic acids is 1. The zero-order valence-electron chi connectivity index (χ0n) is 21.7. The van der Waals surface area contributed by atoms with E-state index < -0.39 is 15.9 Å². The number of amides is 1. The molecule has 2 saturated heterocycles. The van der Waals surface area contributed by atoms with E-state index in [0.717, 1.165) is 35.9 Å². The molecule has 5 heterocycles. The minimum Gasteiger partial charge on any atom is -0.384 e. The van der Waals surface area contributed by atoms with Crippen molar-refractivity contribution in [3.05, 3.63) is 60.6 Å². The lowest BCUT2D eigenvalue weighted by molar-refractivity contribution is -0.144. The maximum Gasteiger partial charge on any atom is 0.251 e.